The summed E-state index contributed by atoms with van der Waals surface area (Å²) in [5.74, 6) is 0.939. The quantitative estimate of drug-likeness (QED) is 0.730. The van der Waals surface area contributed by atoms with Crippen molar-refractivity contribution in [2.45, 2.75) is 19.4 Å². The lowest BCUT2D eigenvalue weighted by atomic mass is 10.2. The zero-order valence-electron chi connectivity index (χ0n) is 7.22. The van der Waals surface area contributed by atoms with E-state index < -0.39 is 0 Å². The molecule has 1 heterocycles. The molecule has 0 aliphatic rings. The zero-order valence-corrected chi connectivity index (χ0v) is 7.22. The number of furan rings is 1. The Morgan fingerprint density at radius 3 is 3.08 bits per heavy atom. The summed E-state index contributed by atoms with van der Waals surface area (Å²) in [5.41, 5.74) is 0. The van der Waals surface area contributed by atoms with E-state index in [0.717, 1.165) is 12.2 Å². The molecule has 1 atom stereocenters. The predicted molar refractivity (Wildman–Crippen MR) is 45.9 cm³/mol. The minimum atomic E-state index is -0.317. The number of hydrogen-bond acceptors (Lipinski definition) is 2. The van der Waals surface area contributed by atoms with Crippen LogP contribution in [0.5, 0.6) is 0 Å². The van der Waals surface area contributed by atoms with Crippen LogP contribution in [0.3, 0.4) is 0 Å². The fourth-order valence-corrected chi connectivity index (χ4v) is 1.10. The lowest BCUT2D eigenvalue weighted by Gasteiger charge is -2.09. The van der Waals surface area contributed by atoms with Crippen molar-refractivity contribution in [1.82, 2.24) is 5.32 Å². The van der Waals surface area contributed by atoms with Gasteiger partial charge in [-0.15, -0.1) is 0 Å². The molecule has 1 unspecified atom stereocenters. The summed E-state index contributed by atoms with van der Waals surface area (Å²) in [6.45, 7) is 2.11. The summed E-state index contributed by atoms with van der Waals surface area (Å²) in [7, 11) is 0. The summed E-state index contributed by atoms with van der Waals surface area (Å²) >= 11 is 0. The van der Waals surface area contributed by atoms with Gasteiger partial charge in [0.15, 0.2) is 0 Å². The minimum Gasteiger partial charge on any atom is -0.469 e. The van der Waals surface area contributed by atoms with Crippen molar-refractivity contribution in [3.8, 4) is 0 Å². The van der Waals surface area contributed by atoms with Crippen LogP contribution in [0.15, 0.2) is 22.8 Å². The van der Waals surface area contributed by atoms with E-state index in [9.17, 15) is 4.39 Å². The van der Waals surface area contributed by atoms with Crippen LogP contribution in [0.1, 0.15) is 12.7 Å². The molecule has 0 radical (unpaired) electrons. The summed E-state index contributed by atoms with van der Waals surface area (Å²) in [6, 6.07) is 4.05. The molecule has 2 nitrogen and oxygen atoms in total. The van der Waals surface area contributed by atoms with Crippen molar-refractivity contribution in [2.24, 2.45) is 0 Å². The number of hydrogen-bond donors (Lipinski definition) is 1. The van der Waals surface area contributed by atoms with Crippen LogP contribution >= 0.6 is 0 Å². The molecule has 1 aromatic heterocycles. The highest BCUT2D eigenvalue weighted by molar-refractivity contribution is 4.99. The van der Waals surface area contributed by atoms with E-state index >= 15 is 0 Å². The summed E-state index contributed by atoms with van der Waals surface area (Å²) in [5, 5.41) is 3.04. The molecule has 1 aromatic rings. The number of rotatable bonds is 5. The van der Waals surface area contributed by atoms with E-state index in [1.165, 1.54) is 0 Å². The van der Waals surface area contributed by atoms with E-state index in [-0.39, 0.29) is 12.7 Å². The van der Waals surface area contributed by atoms with Crippen molar-refractivity contribution in [1.29, 1.82) is 0 Å². The van der Waals surface area contributed by atoms with Gasteiger partial charge in [0.05, 0.1) is 6.26 Å². The Hall–Kier alpha value is -0.830. The van der Waals surface area contributed by atoms with Crippen molar-refractivity contribution in [3.63, 3.8) is 0 Å². The average Bonchev–Trinajstić information content (AvgIpc) is 2.53. The van der Waals surface area contributed by atoms with Crippen molar-refractivity contribution in [3.05, 3.63) is 24.2 Å². The van der Waals surface area contributed by atoms with Gasteiger partial charge in [0.2, 0.25) is 0 Å². The fraction of sp³-hybridized carbons (Fsp3) is 0.556. The highest BCUT2D eigenvalue weighted by Crippen LogP contribution is 2.03. The minimum absolute atomic E-state index is 0.270. The van der Waals surface area contributed by atoms with Gasteiger partial charge in [-0.3, -0.25) is 0 Å². The third kappa shape index (κ3) is 3.05. The number of nitrogens with one attached hydrogen (secondary N) is 1. The molecule has 0 spiro atoms. The second kappa shape index (κ2) is 4.93. The van der Waals surface area contributed by atoms with E-state index in [2.05, 4.69) is 5.32 Å². The third-order valence-corrected chi connectivity index (χ3v) is 1.67. The molecule has 12 heavy (non-hydrogen) atoms. The first-order valence-corrected chi connectivity index (χ1v) is 4.14. The second-order valence-electron chi connectivity index (χ2n) is 2.83. The Bertz CT molecular complexity index is 198. The van der Waals surface area contributed by atoms with Crippen molar-refractivity contribution >= 4 is 0 Å². The molecule has 0 aliphatic heterocycles. The maximum Gasteiger partial charge on any atom is 0.105 e. The molecule has 1 rings (SSSR count). The van der Waals surface area contributed by atoms with E-state index in [1.807, 2.05) is 19.1 Å². The Kier molecular flexibility index (Phi) is 3.80. The molecular weight excluding hydrogens is 157 g/mol. The number of halogens is 1. The molecule has 68 valence electrons. The van der Waals surface area contributed by atoms with Crippen LogP contribution in [-0.2, 0) is 6.42 Å². The molecule has 0 aromatic carbocycles. The molecule has 0 fully saturated rings. The third-order valence-electron chi connectivity index (χ3n) is 1.67. The second-order valence-corrected chi connectivity index (χ2v) is 2.83. The van der Waals surface area contributed by atoms with Crippen molar-refractivity contribution in [2.75, 3.05) is 13.2 Å². The number of alkyl halides is 1. The lowest BCUT2D eigenvalue weighted by molar-refractivity contribution is 0.417. The van der Waals surface area contributed by atoms with Crippen LogP contribution in [0.4, 0.5) is 4.39 Å². The largest absolute Gasteiger partial charge is 0.469 e. The van der Waals surface area contributed by atoms with Crippen LogP contribution < -0.4 is 5.32 Å². The van der Waals surface area contributed by atoms with Gasteiger partial charge in [-0.2, -0.15) is 0 Å². The van der Waals surface area contributed by atoms with Crippen LogP contribution in [0, 0.1) is 0 Å². The highest BCUT2D eigenvalue weighted by atomic mass is 19.1. The first-order chi connectivity index (χ1) is 5.83. The molecular formula is C9H14FNO. The lowest BCUT2D eigenvalue weighted by Crippen LogP contribution is -2.29. The van der Waals surface area contributed by atoms with Crippen LogP contribution in [0.2, 0.25) is 0 Å². The maximum absolute atomic E-state index is 11.7. The van der Waals surface area contributed by atoms with E-state index in [0.29, 0.717) is 6.54 Å². The SMILES string of the molecule is CC(Cc1ccco1)NCCF. The van der Waals surface area contributed by atoms with Gasteiger partial charge in [0.25, 0.3) is 0 Å². The smallest absolute Gasteiger partial charge is 0.105 e. The predicted octanol–water partition coefficient (Wildman–Crippen LogP) is 1.77. The van der Waals surface area contributed by atoms with E-state index in [1.54, 1.807) is 6.26 Å². The first-order valence-electron chi connectivity index (χ1n) is 4.14. The van der Waals surface area contributed by atoms with Gasteiger partial charge in [-0.05, 0) is 19.1 Å². The van der Waals surface area contributed by atoms with E-state index in [4.69, 9.17) is 4.42 Å². The van der Waals surface area contributed by atoms with Crippen molar-refractivity contribution < 1.29 is 8.81 Å². The molecule has 1 N–H and O–H groups in total. The zero-order chi connectivity index (χ0) is 8.81. The fourth-order valence-electron chi connectivity index (χ4n) is 1.10. The van der Waals surface area contributed by atoms with Crippen LogP contribution in [0.25, 0.3) is 0 Å². The van der Waals surface area contributed by atoms with Gasteiger partial charge >= 0.3 is 0 Å². The topological polar surface area (TPSA) is 25.2 Å². The summed E-state index contributed by atoms with van der Waals surface area (Å²) in [4.78, 5) is 0. The maximum atomic E-state index is 11.7. The Labute approximate surface area is 71.8 Å². The first kappa shape index (κ1) is 9.26. The van der Waals surface area contributed by atoms with Crippen LogP contribution in [-0.4, -0.2) is 19.3 Å². The van der Waals surface area contributed by atoms with Gasteiger partial charge in [-0.25, -0.2) is 4.39 Å². The van der Waals surface area contributed by atoms with Gasteiger partial charge < -0.3 is 9.73 Å². The Morgan fingerprint density at radius 1 is 1.67 bits per heavy atom. The van der Waals surface area contributed by atoms with Gasteiger partial charge in [0.1, 0.15) is 12.4 Å². The Morgan fingerprint density at radius 2 is 2.50 bits per heavy atom. The summed E-state index contributed by atoms with van der Waals surface area (Å²) in [6.07, 6.45) is 2.46. The molecule has 0 amide bonds. The molecule has 3 heteroatoms. The standard InChI is InChI=1S/C9H14FNO/c1-8(11-5-4-10)7-9-3-2-6-12-9/h2-3,6,8,11H,4-5,7H2,1H3. The molecule has 0 saturated heterocycles. The average molecular weight is 171 g/mol. The monoisotopic (exact) mass is 171 g/mol. The summed E-state index contributed by atoms with van der Waals surface area (Å²) < 4.78 is 16.9. The highest BCUT2D eigenvalue weighted by Gasteiger charge is 2.03. The molecule has 0 saturated carbocycles. The van der Waals surface area contributed by atoms with Gasteiger partial charge in [-0.1, -0.05) is 0 Å². The molecule has 0 aliphatic carbocycles. The Balaban J connectivity index is 2.22. The van der Waals surface area contributed by atoms with Gasteiger partial charge in [0, 0.05) is 19.0 Å². The molecule has 0 bridgehead atoms. The normalized spacial score (nSPS) is 13.2.